The molecule has 182 valence electrons. The largest absolute Gasteiger partial charge is 0.435 e. The van der Waals surface area contributed by atoms with Gasteiger partial charge in [0, 0.05) is 42.6 Å². The molecule has 0 bridgehead atoms. The summed E-state index contributed by atoms with van der Waals surface area (Å²) in [4.78, 5) is 21.9. The van der Waals surface area contributed by atoms with Gasteiger partial charge in [0.25, 0.3) is 0 Å². The van der Waals surface area contributed by atoms with Crippen LogP contribution in [0.3, 0.4) is 0 Å². The van der Waals surface area contributed by atoms with Crippen molar-refractivity contribution < 1.29 is 18.0 Å². The molecule has 0 aromatic carbocycles. The quantitative estimate of drug-likeness (QED) is 0.637. The summed E-state index contributed by atoms with van der Waals surface area (Å²) in [6.45, 7) is 1.82. The maximum Gasteiger partial charge on any atom is 0.435 e. The minimum atomic E-state index is -4.61. The first-order chi connectivity index (χ1) is 16.8. The Kier molecular flexibility index (Phi) is 5.20. The standard InChI is InChI=1S/C25H25F3N6O/c26-25(27,28)21-10-18(12-30-32-21)19-9-17(11-29)23(31-22(19)15-3-4-15)33-7-8-34(24(35)16-5-6-16)20(13-33)14-1-2-14/h9-10,12,14-16,20H,1-8,13H2/t20-/m0/s1. The van der Waals surface area contributed by atoms with Crippen molar-refractivity contribution >= 4 is 11.7 Å². The topological polar surface area (TPSA) is 86.0 Å². The summed E-state index contributed by atoms with van der Waals surface area (Å²) in [6.07, 6.45) is 2.66. The summed E-state index contributed by atoms with van der Waals surface area (Å²) in [5, 5.41) is 16.8. The second kappa shape index (κ2) is 8.18. The Morgan fingerprint density at radius 3 is 2.49 bits per heavy atom. The number of hydrogen-bond donors (Lipinski definition) is 0. The molecular formula is C25H25F3N6O. The third-order valence-electron chi connectivity index (χ3n) is 7.47. The van der Waals surface area contributed by atoms with E-state index in [2.05, 4.69) is 26.1 Å². The number of rotatable bonds is 5. The van der Waals surface area contributed by atoms with Crippen molar-refractivity contribution in [2.24, 2.45) is 11.8 Å². The van der Waals surface area contributed by atoms with Crippen LogP contribution >= 0.6 is 0 Å². The zero-order chi connectivity index (χ0) is 24.3. The number of carbonyl (C=O) groups is 1. The lowest BCUT2D eigenvalue weighted by Crippen LogP contribution is -2.57. The molecule has 4 aliphatic rings. The molecule has 1 saturated heterocycles. The predicted octanol–water partition coefficient (Wildman–Crippen LogP) is 4.14. The Hall–Kier alpha value is -3.22. The number of alkyl halides is 3. The number of nitrogens with zero attached hydrogens (tertiary/aromatic N) is 6. The molecule has 10 heteroatoms. The molecule has 2 aromatic heterocycles. The number of piperazine rings is 1. The van der Waals surface area contributed by atoms with Gasteiger partial charge in [-0.15, -0.1) is 5.10 Å². The van der Waals surface area contributed by atoms with E-state index in [1.165, 1.54) is 6.20 Å². The summed E-state index contributed by atoms with van der Waals surface area (Å²) >= 11 is 0. The highest BCUT2D eigenvalue weighted by molar-refractivity contribution is 5.82. The van der Waals surface area contributed by atoms with Crippen LogP contribution < -0.4 is 4.90 Å². The molecule has 2 aromatic rings. The lowest BCUT2D eigenvalue weighted by atomic mass is 9.99. The highest BCUT2D eigenvalue weighted by Crippen LogP contribution is 2.46. The van der Waals surface area contributed by atoms with Crippen LogP contribution in [0.15, 0.2) is 18.3 Å². The molecule has 1 aliphatic heterocycles. The Balaban J connectivity index is 1.35. The molecule has 4 fully saturated rings. The van der Waals surface area contributed by atoms with Gasteiger partial charge >= 0.3 is 6.18 Å². The van der Waals surface area contributed by atoms with Crippen molar-refractivity contribution in [1.29, 1.82) is 5.26 Å². The normalized spacial score (nSPS) is 22.7. The van der Waals surface area contributed by atoms with E-state index in [4.69, 9.17) is 4.98 Å². The van der Waals surface area contributed by atoms with E-state index in [0.29, 0.717) is 48.2 Å². The van der Waals surface area contributed by atoms with E-state index < -0.39 is 11.9 Å². The number of halogens is 3. The third kappa shape index (κ3) is 4.32. The molecule has 0 radical (unpaired) electrons. The fourth-order valence-electron chi connectivity index (χ4n) is 5.12. The number of nitriles is 1. The second-order valence-corrected chi connectivity index (χ2v) is 10.2. The Labute approximate surface area is 201 Å². The molecule has 1 atom stereocenters. The molecule has 3 heterocycles. The van der Waals surface area contributed by atoms with Crippen LogP contribution in [0, 0.1) is 23.2 Å². The minimum absolute atomic E-state index is 0.119. The van der Waals surface area contributed by atoms with Gasteiger partial charge in [-0.2, -0.15) is 23.5 Å². The van der Waals surface area contributed by atoms with Gasteiger partial charge in [0.2, 0.25) is 5.91 Å². The summed E-state index contributed by atoms with van der Waals surface area (Å²) in [7, 11) is 0. The molecule has 1 amide bonds. The van der Waals surface area contributed by atoms with Crippen LogP contribution in [0.5, 0.6) is 0 Å². The van der Waals surface area contributed by atoms with Crippen LogP contribution in [0.1, 0.15) is 61.4 Å². The minimum Gasteiger partial charge on any atom is -0.352 e. The van der Waals surface area contributed by atoms with Gasteiger partial charge in [-0.3, -0.25) is 4.79 Å². The average Bonchev–Trinajstić information content (AvgIpc) is 3.73. The molecule has 0 unspecified atom stereocenters. The Morgan fingerprint density at radius 1 is 1.09 bits per heavy atom. The smallest absolute Gasteiger partial charge is 0.352 e. The monoisotopic (exact) mass is 482 g/mol. The van der Waals surface area contributed by atoms with E-state index in [1.54, 1.807) is 6.07 Å². The van der Waals surface area contributed by atoms with Crippen LogP contribution in [0.2, 0.25) is 0 Å². The zero-order valence-electron chi connectivity index (χ0n) is 19.1. The first-order valence-electron chi connectivity index (χ1n) is 12.2. The van der Waals surface area contributed by atoms with Crippen molar-refractivity contribution in [3.8, 4) is 17.2 Å². The number of pyridine rings is 1. The van der Waals surface area contributed by atoms with Crippen molar-refractivity contribution in [3.63, 3.8) is 0 Å². The fourth-order valence-corrected chi connectivity index (χ4v) is 5.12. The lowest BCUT2D eigenvalue weighted by Gasteiger charge is -2.43. The first-order valence-corrected chi connectivity index (χ1v) is 12.2. The molecular weight excluding hydrogens is 457 g/mol. The number of hydrogen-bond acceptors (Lipinski definition) is 6. The van der Waals surface area contributed by atoms with Crippen molar-refractivity contribution in [2.75, 3.05) is 24.5 Å². The molecule has 7 nitrogen and oxygen atoms in total. The maximum atomic E-state index is 13.3. The van der Waals surface area contributed by atoms with Crippen molar-refractivity contribution in [3.05, 3.63) is 35.3 Å². The molecule has 0 N–H and O–H groups in total. The number of carbonyl (C=O) groups excluding carboxylic acids is 1. The average molecular weight is 483 g/mol. The molecule has 0 spiro atoms. The zero-order valence-corrected chi connectivity index (χ0v) is 19.1. The van der Waals surface area contributed by atoms with Gasteiger partial charge < -0.3 is 9.80 Å². The van der Waals surface area contributed by atoms with Gasteiger partial charge in [0.1, 0.15) is 11.9 Å². The van der Waals surface area contributed by atoms with E-state index in [0.717, 1.165) is 44.6 Å². The second-order valence-electron chi connectivity index (χ2n) is 10.2. The van der Waals surface area contributed by atoms with Crippen LogP contribution in [0.4, 0.5) is 19.0 Å². The van der Waals surface area contributed by atoms with Gasteiger partial charge in [0.05, 0.1) is 23.5 Å². The third-order valence-corrected chi connectivity index (χ3v) is 7.47. The van der Waals surface area contributed by atoms with Crippen molar-refractivity contribution in [1.82, 2.24) is 20.1 Å². The Bertz CT molecular complexity index is 1210. The maximum absolute atomic E-state index is 13.3. The van der Waals surface area contributed by atoms with E-state index in [1.807, 2.05) is 0 Å². The highest BCUT2D eigenvalue weighted by Gasteiger charge is 2.45. The SMILES string of the molecule is N#Cc1cc(-c2cnnc(C(F)(F)F)c2)c(C2CC2)nc1N1CCN(C(=O)C2CC2)[C@H](C2CC2)C1. The summed E-state index contributed by atoms with van der Waals surface area (Å²) < 4.78 is 39.8. The van der Waals surface area contributed by atoms with E-state index in [-0.39, 0.29) is 29.3 Å². The summed E-state index contributed by atoms with van der Waals surface area (Å²) in [5.41, 5.74) is 0.740. The van der Waals surface area contributed by atoms with Crippen molar-refractivity contribution in [2.45, 2.75) is 56.7 Å². The van der Waals surface area contributed by atoms with Gasteiger partial charge in [-0.05, 0) is 56.6 Å². The fraction of sp³-hybridized carbons (Fsp3) is 0.560. The Morgan fingerprint density at radius 2 is 1.86 bits per heavy atom. The summed E-state index contributed by atoms with van der Waals surface area (Å²) in [5.74, 6) is 1.63. The van der Waals surface area contributed by atoms with Gasteiger partial charge in [0.15, 0.2) is 5.69 Å². The van der Waals surface area contributed by atoms with Crippen LogP contribution in [-0.2, 0) is 11.0 Å². The highest BCUT2D eigenvalue weighted by atomic mass is 19.4. The van der Waals surface area contributed by atoms with E-state index in [9.17, 15) is 23.2 Å². The first kappa shape index (κ1) is 22.3. The number of aromatic nitrogens is 3. The predicted molar refractivity (Wildman–Crippen MR) is 120 cm³/mol. The lowest BCUT2D eigenvalue weighted by molar-refractivity contribution is -0.141. The van der Waals surface area contributed by atoms with Gasteiger partial charge in [-0.25, -0.2) is 4.98 Å². The molecule has 35 heavy (non-hydrogen) atoms. The molecule has 3 saturated carbocycles. The number of anilines is 1. The van der Waals surface area contributed by atoms with Gasteiger partial charge in [-0.1, -0.05) is 0 Å². The molecule has 6 rings (SSSR count). The molecule has 3 aliphatic carbocycles. The van der Waals surface area contributed by atoms with Crippen LogP contribution in [-0.4, -0.2) is 51.7 Å². The van der Waals surface area contributed by atoms with E-state index >= 15 is 0 Å². The summed E-state index contributed by atoms with van der Waals surface area (Å²) in [6, 6.07) is 4.96. The number of amides is 1. The van der Waals surface area contributed by atoms with Crippen LogP contribution in [0.25, 0.3) is 11.1 Å².